The molecule has 0 saturated heterocycles. The summed E-state index contributed by atoms with van der Waals surface area (Å²) < 4.78 is 18.6. The van der Waals surface area contributed by atoms with Crippen molar-refractivity contribution in [1.29, 1.82) is 0 Å². The van der Waals surface area contributed by atoms with Crippen LogP contribution in [0, 0.1) is 12.7 Å². The SMILES string of the molecule is COc1ccc(F)cc1C(N)c1cc(Cl)ccc1C. The topological polar surface area (TPSA) is 35.2 Å². The number of ether oxygens (including phenoxy) is 1. The van der Waals surface area contributed by atoms with Gasteiger partial charge in [-0.15, -0.1) is 0 Å². The summed E-state index contributed by atoms with van der Waals surface area (Å²) in [5.41, 5.74) is 8.69. The summed E-state index contributed by atoms with van der Waals surface area (Å²) in [6.07, 6.45) is 0. The minimum absolute atomic E-state index is 0.342. The van der Waals surface area contributed by atoms with Gasteiger partial charge in [-0.3, -0.25) is 0 Å². The first-order valence-corrected chi connectivity index (χ1v) is 6.26. The van der Waals surface area contributed by atoms with Crippen molar-refractivity contribution in [2.45, 2.75) is 13.0 Å². The van der Waals surface area contributed by atoms with Gasteiger partial charge in [0.05, 0.1) is 13.2 Å². The molecule has 0 spiro atoms. The molecule has 0 amide bonds. The highest BCUT2D eigenvalue weighted by atomic mass is 35.5. The molecule has 0 heterocycles. The second-order valence-electron chi connectivity index (χ2n) is 4.36. The molecule has 0 aliphatic heterocycles. The summed E-state index contributed by atoms with van der Waals surface area (Å²) in [5.74, 6) is 0.221. The maximum absolute atomic E-state index is 13.4. The van der Waals surface area contributed by atoms with Gasteiger partial charge >= 0.3 is 0 Å². The molecular weight excluding hydrogens is 265 g/mol. The van der Waals surface area contributed by atoms with Crippen LogP contribution in [0.15, 0.2) is 36.4 Å². The van der Waals surface area contributed by atoms with Gasteiger partial charge in [0, 0.05) is 10.6 Å². The van der Waals surface area contributed by atoms with Gasteiger partial charge < -0.3 is 10.5 Å². The molecule has 0 aliphatic rings. The largest absolute Gasteiger partial charge is 0.496 e. The zero-order chi connectivity index (χ0) is 14.0. The molecule has 0 saturated carbocycles. The van der Waals surface area contributed by atoms with Gasteiger partial charge in [-0.25, -0.2) is 4.39 Å². The molecule has 0 aliphatic carbocycles. The molecule has 1 atom stereocenters. The Morgan fingerprint density at radius 2 is 1.89 bits per heavy atom. The van der Waals surface area contributed by atoms with Crippen molar-refractivity contribution in [1.82, 2.24) is 0 Å². The van der Waals surface area contributed by atoms with Crippen molar-refractivity contribution in [3.63, 3.8) is 0 Å². The van der Waals surface area contributed by atoms with Crippen LogP contribution in [0.1, 0.15) is 22.7 Å². The van der Waals surface area contributed by atoms with Crippen LogP contribution in [0.4, 0.5) is 4.39 Å². The van der Waals surface area contributed by atoms with Crippen molar-refractivity contribution in [2.75, 3.05) is 7.11 Å². The lowest BCUT2D eigenvalue weighted by Crippen LogP contribution is -2.14. The summed E-state index contributed by atoms with van der Waals surface area (Å²) in [6.45, 7) is 1.94. The van der Waals surface area contributed by atoms with Crippen molar-refractivity contribution < 1.29 is 9.13 Å². The predicted molar refractivity (Wildman–Crippen MR) is 75.2 cm³/mol. The number of nitrogens with two attached hydrogens (primary N) is 1. The third-order valence-corrected chi connectivity index (χ3v) is 3.34. The second kappa shape index (κ2) is 5.59. The Hall–Kier alpha value is -1.58. The Bertz CT molecular complexity index is 601. The minimum atomic E-state index is -0.482. The van der Waals surface area contributed by atoms with Crippen molar-refractivity contribution in [2.24, 2.45) is 5.73 Å². The van der Waals surface area contributed by atoms with Crippen LogP contribution in [-0.4, -0.2) is 7.11 Å². The molecule has 4 heteroatoms. The number of aryl methyl sites for hydroxylation is 1. The van der Waals surface area contributed by atoms with Crippen LogP contribution in [0.25, 0.3) is 0 Å². The van der Waals surface area contributed by atoms with Crippen LogP contribution < -0.4 is 10.5 Å². The van der Waals surface area contributed by atoms with Crippen molar-refractivity contribution in [3.8, 4) is 5.75 Å². The average Bonchev–Trinajstić information content (AvgIpc) is 2.40. The first-order valence-electron chi connectivity index (χ1n) is 5.88. The summed E-state index contributed by atoms with van der Waals surface area (Å²) in [6, 6.07) is 9.32. The van der Waals surface area contributed by atoms with E-state index >= 15 is 0 Å². The molecule has 1 unspecified atom stereocenters. The van der Waals surface area contributed by atoms with E-state index in [2.05, 4.69) is 0 Å². The average molecular weight is 280 g/mol. The lowest BCUT2D eigenvalue weighted by atomic mass is 9.95. The molecule has 2 N–H and O–H groups in total. The standard InChI is InChI=1S/C15H15ClFNO/c1-9-3-4-10(16)7-12(9)15(18)13-8-11(17)5-6-14(13)19-2/h3-8,15H,18H2,1-2H3. The molecule has 0 radical (unpaired) electrons. The zero-order valence-electron chi connectivity index (χ0n) is 10.8. The molecule has 0 fully saturated rings. The Morgan fingerprint density at radius 3 is 2.58 bits per heavy atom. The number of benzene rings is 2. The molecule has 0 bridgehead atoms. The molecule has 2 rings (SSSR count). The van der Waals surface area contributed by atoms with E-state index in [-0.39, 0.29) is 5.82 Å². The number of hydrogen-bond donors (Lipinski definition) is 1. The van der Waals surface area contributed by atoms with Crippen LogP contribution in [0.2, 0.25) is 5.02 Å². The van der Waals surface area contributed by atoms with Crippen LogP contribution >= 0.6 is 11.6 Å². The summed E-state index contributed by atoms with van der Waals surface area (Å²) >= 11 is 5.99. The summed E-state index contributed by atoms with van der Waals surface area (Å²) in [7, 11) is 1.54. The minimum Gasteiger partial charge on any atom is -0.496 e. The number of rotatable bonds is 3. The maximum atomic E-state index is 13.4. The van der Waals surface area contributed by atoms with Gasteiger partial charge in [0.25, 0.3) is 0 Å². The van der Waals surface area contributed by atoms with Gasteiger partial charge in [-0.1, -0.05) is 17.7 Å². The Morgan fingerprint density at radius 1 is 1.16 bits per heavy atom. The first-order chi connectivity index (χ1) is 9.02. The molecular formula is C15H15ClFNO. The van der Waals surface area contributed by atoms with E-state index < -0.39 is 6.04 Å². The Labute approximate surface area is 117 Å². The van der Waals surface area contributed by atoms with Crippen LogP contribution in [-0.2, 0) is 0 Å². The quantitative estimate of drug-likeness (QED) is 0.926. The first kappa shape index (κ1) is 13.8. The highest BCUT2D eigenvalue weighted by Gasteiger charge is 2.17. The summed E-state index contributed by atoms with van der Waals surface area (Å²) in [4.78, 5) is 0. The highest BCUT2D eigenvalue weighted by molar-refractivity contribution is 6.30. The fraction of sp³-hybridized carbons (Fsp3) is 0.200. The van der Waals surface area contributed by atoms with E-state index in [4.69, 9.17) is 22.1 Å². The fourth-order valence-corrected chi connectivity index (χ4v) is 2.24. The lowest BCUT2D eigenvalue weighted by Gasteiger charge is -2.18. The number of hydrogen-bond acceptors (Lipinski definition) is 2. The Balaban J connectivity index is 2.51. The molecule has 2 aromatic rings. The van der Waals surface area contributed by atoms with E-state index in [1.165, 1.54) is 19.2 Å². The van der Waals surface area contributed by atoms with E-state index in [0.717, 1.165) is 11.1 Å². The van der Waals surface area contributed by atoms with Crippen molar-refractivity contribution in [3.05, 3.63) is 63.9 Å². The zero-order valence-corrected chi connectivity index (χ0v) is 11.5. The van der Waals surface area contributed by atoms with E-state index in [1.807, 2.05) is 13.0 Å². The fourth-order valence-electron chi connectivity index (χ4n) is 2.06. The van der Waals surface area contributed by atoms with Gasteiger partial charge in [-0.2, -0.15) is 0 Å². The highest BCUT2D eigenvalue weighted by Crippen LogP contribution is 2.31. The Kier molecular flexibility index (Phi) is 4.08. The summed E-state index contributed by atoms with van der Waals surface area (Å²) in [5, 5.41) is 0.603. The van der Waals surface area contributed by atoms with Gasteiger partial charge in [0.2, 0.25) is 0 Å². The van der Waals surface area contributed by atoms with E-state index in [9.17, 15) is 4.39 Å². The third kappa shape index (κ3) is 2.88. The monoisotopic (exact) mass is 279 g/mol. The molecule has 0 aromatic heterocycles. The predicted octanol–water partition coefficient (Wildman–Crippen LogP) is 3.84. The molecule has 2 aromatic carbocycles. The van der Waals surface area contributed by atoms with Gasteiger partial charge in [0.15, 0.2) is 0 Å². The maximum Gasteiger partial charge on any atom is 0.124 e. The molecule has 2 nitrogen and oxygen atoms in total. The second-order valence-corrected chi connectivity index (χ2v) is 4.80. The van der Waals surface area contributed by atoms with Gasteiger partial charge in [0.1, 0.15) is 11.6 Å². The number of halogens is 2. The van der Waals surface area contributed by atoms with Crippen LogP contribution in [0.3, 0.4) is 0 Å². The van der Waals surface area contributed by atoms with Crippen LogP contribution in [0.5, 0.6) is 5.75 Å². The number of methoxy groups -OCH3 is 1. The van der Waals surface area contributed by atoms with E-state index in [0.29, 0.717) is 16.3 Å². The lowest BCUT2D eigenvalue weighted by molar-refractivity contribution is 0.406. The van der Waals surface area contributed by atoms with E-state index in [1.54, 1.807) is 18.2 Å². The van der Waals surface area contributed by atoms with Crippen molar-refractivity contribution >= 4 is 11.6 Å². The third-order valence-electron chi connectivity index (χ3n) is 3.10. The molecule has 19 heavy (non-hydrogen) atoms. The smallest absolute Gasteiger partial charge is 0.124 e. The normalized spacial score (nSPS) is 12.3. The van der Waals surface area contributed by atoms with Gasteiger partial charge in [-0.05, 0) is 48.4 Å². The molecule has 100 valence electrons.